The van der Waals surface area contributed by atoms with Gasteiger partial charge in [-0.05, 0) is 12.1 Å². The number of hydrogen-bond acceptors (Lipinski definition) is 7. The maximum absolute atomic E-state index is 12.4. The molecule has 0 spiro atoms. The van der Waals surface area contributed by atoms with Gasteiger partial charge in [0.05, 0.1) is 13.5 Å². The highest BCUT2D eigenvalue weighted by Crippen LogP contribution is 2.19. The number of ether oxygens (including phenoxy) is 1. The van der Waals surface area contributed by atoms with Gasteiger partial charge in [0.1, 0.15) is 6.04 Å². The number of carboxylic acid groups (broad SMARTS) is 1. The molecule has 0 aromatic carbocycles. The molecule has 8 nitrogen and oxygen atoms in total. The van der Waals surface area contributed by atoms with Crippen LogP contribution in [0, 0.1) is 5.92 Å². The number of carboxylic acids is 1. The van der Waals surface area contributed by atoms with Crippen molar-refractivity contribution in [1.29, 1.82) is 0 Å². The van der Waals surface area contributed by atoms with E-state index in [0.29, 0.717) is 5.56 Å². The molecule has 0 saturated carbocycles. The number of methoxy groups -OCH3 is 1. The Labute approximate surface area is 149 Å². The predicted molar refractivity (Wildman–Crippen MR) is 91.3 cm³/mol. The highest BCUT2D eigenvalue weighted by molar-refractivity contribution is 7.99. The third-order valence-electron chi connectivity index (χ3n) is 3.20. The fraction of sp³-hybridized carbons (Fsp3) is 0.438. The number of carbonyl (C=O) groups excluding carboxylic acids is 3. The molecule has 1 unspecified atom stereocenters. The zero-order valence-electron chi connectivity index (χ0n) is 13.9. The predicted octanol–water partition coefficient (Wildman–Crippen LogP) is 0.766. The normalized spacial score (nSPS) is 12.7. The quantitative estimate of drug-likeness (QED) is 0.458. The highest BCUT2D eigenvalue weighted by Gasteiger charge is 2.25. The van der Waals surface area contributed by atoms with Gasteiger partial charge in [0, 0.05) is 42.3 Å². The van der Waals surface area contributed by atoms with Crippen molar-refractivity contribution in [2.45, 2.75) is 19.4 Å². The second kappa shape index (κ2) is 10.4. The smallest absolute Gasteiger partial charge is 0.329 e. The Morgan fingerprint density at radius 2 is 2.04 bits per heavy atom. The van der Waals surface area contributed by atoms with E-state index in [-0.39, 0.29) is 29.6 Å². The lowest BCUT2D eigenvalue weighted by Crippen LogP contribution is -2.42. The Kier molecular flexibility index (Phi) is 8.62. The third kappa shape index (κ3) is 7.34. The van der Waals surface area contributed by atoms with E-state index in [9.17, 15) is 19.2 Å². The molecule has 0 radical (unpaired) electrons. The van der Waals surface area contributed by atoms with Gasteiger partial charge in [-0.15, -0.1) is 0 Å². The summed E-state index contributed by atoms with van der Waals surface area (Å²) in [7, 11) is 1.21. The number of Topliss-reactive ketones (excluding diaryl/α,β-unsaturated/α-hetero) is 1. The van der Waals surface area contributed by atoms with Gasteiger partial charge in [0.2, 0.25) is 5.91 Å². The SMILES string of the molecule is COC(=O)[C@@H](CSCC(CC(=O)O)C(=O)c1cccnc1)NC(C)=O. The van der Waals surface area contributed by atoms with Crippen LogP contribution < -0.4 is 5.32 Å². The minimum Gasteiger partial charge on any atom is -0.481 e. The number of nitrogens with one attached hydrogen (secondary N) is 1. The van der Waals surface area contributed by atoms with Crippen molar-refractivity contribution in [2.75, 3.05) is 18.6 Å². The molecular weight excluding hydrogens is 348 g/mol. The number of rotatable bonds is 10. The van der Waals surface area contributed by atoms with Crippen molar-refractivity contribution in [3.05, 3.63) is 30.1 Å². The first-order chi connectivity index (χ1) is 11.8. The number of amides is 1. The van der Waals surface area contributed by atoms with E-state index < -0.39 is 23.9 Å². The van der Waals surface area contributed by atoms with E-state index in [4.69, 9.17) is 5.11 Å². The van der Waals surface area contributed by atoms with Crippen LogP contribution in [0.4, 0.5) is 0 Å². The lowest BCUT2D eigenvalue weighted by molar-refractivity contribution is -0.144. The van der Waals surface area contributed by atoms with Crippen LogP contribution in [0.5, 0.6) is 0 Å². The van der Waals surface area contributed by atoms with Crippen LogP contribution in [0.25, 0.3) is 0 Å². The Bertz CT molecular complexity index is 622. The standard InChI is InChI=1S/C16H20N2O6S/c1-10(19)18-13(16(23)24-2)9-25-8-12(6-14(20)21)15(22)11-4-3-5-17-7-11/h3-5,7,12-13H,6,8-9H2,1-2H3,(H,18,19)(H,20,21)/t12?,13-/m1/s1. The molecule has 1 rings (SSSR count). The number of nitrogens with zero attached hydrogens (tertiary/aromatic N) is 1. The summed E-state index contributed by atoms with van der Waals surface area (Å²) < 4.78 is 4.62. The molecule has 1 amide bonds. The maximum Gasteiger partial charge on any atom is 0.329 e. The summed E-state index contributed by atoms with van der Waals surface area (Å²) in [4.78, 5) is 50.1. The summed E-state index contributed by atoms with van der Waals surface area (Å²) in [6.45, 7) is 1.28. The van der Waals surface area contributed by atoms with Gasteiger partial charge >= 0.3 is 11.9 Å². The van der Waals surface area contributed by atoms with Crippen LogP contribution in [0.2, 0.25) is 0 Å². The van der Waals surface area contributed by atoms with Gasteiger partial charge in [-0.3, -0.25) is 19.4 Å². The van der Waals surface area contributed by atoms with Crippen molar-refractivity contribution in [3.8, 4) is 0 Å². The maximum atomic E-state index is 12.4. The Hall–Kier alpha value is -2.42. The number of ketones is 1. The molecule has 9 heteroatoms. The van der Waals surface area contributed by atoms with E-state index in [0.717, 1.165) is 0 Å². The number of esters is 1. The number of aliphatic carboxylic acids is 1. The summed E-state index contributed by atoms with van der Waals surface area (Å²) in [5.41, 5.74) is 0.334. The summed E-state index contributed by atoms with van der Waals surface area (Å²) in [5, 5.41) is 11.5. The molecule has 0 aliphatic heterocycles. The third-order valence-corrected chi connectivity index (χ3v) is 4.41. The number of pyridine rings is 1. The van der Waals surface area contributed by atoms with Gasteiger partial charge in [-0.25, -0.2) is 4.79 Å². The molecule has 0 bridgehead atoms. The van der Waals surface area contributed by atoms with Gasteiger partial charge in [-0.1, -0.05) is 0 Å². The Morgan fingerprint density at radius 1 is 1.32 bits per heavy atom. The average molecular weight is 368 g/mol. The molecule has 2 N–H and O–H groups in total. The second-order valence-corrected chi connectivity index (χ2v) is 6.29. The summed E-state index contributed by atoms with van der Waals surface area (Å²) in [6, 6.07) is 2.32. The monoisotopic (exact) mass is 368 g/mol. The average Bonchev–Trinajstić information content (AvgIpc) is 2.58. The van der Waals surface area contributed by atoms with E-state index >= 15 is 0 Å². The van der Waals surface area contributed by atoms with E-state index in [1.54, 1.807) is 12.1 Å². The minimum absolute atomic E-state index is 0.169. The van der Waals surface area contributed by atoms with Crippen molar-refractivity contribution in [1.82, 2.24) is 10.3 Å². The molecular formula is C16H20N2O6S. The summed E-state index contributed by atoms with van der Waals surface area (Å²) >= 11 is 1.20. The van der Waals surface area contributed by atoms with Crippen molar-refractivity contribution < 1.29 is 29.0 Å². The van der Waals surface area contributed by atoms with Gasteiger partial charge in [0.15, 0.2) is 5.78 Å². The van der Waals surface area contributed by atoms with E-state index in [1.165, 1.54) is 38.2 Å². The molecule has 0 aliphatic rings. The first kappa shape index (κ1) is 20.6. The molecule has 1 aromatic heterocycles. The molecule has 2 atom stereocenters. The fourth-order valence-corrected chi connectivity index (χ4v) is 3.21. The number of hydrogen-bond donors (Lipinski definition) is 2. The van der Waals surface area contributed by atoms with E-state index in [2.05, 4.69) is 15.0 Å². The van der Waals surface area contributed by atoms with Crippen LogP contribution in [0.3, 0.4) is 0 Å². The number of thioether (sulfide) groups is 1. The Balaban J connectivity index is 2.72. The molecule has 0 saturated heterocycles. The van der Waals surface area contributed by atoms with Gasteiger partial charge < -0.3 is 15.2 Å². The highest BCUT2D eigenvalue weighted by atomic mass is 32.2. The molecule has 1 aromatic rings. The fourth-order valence-electron chi connectivity index (χ4n) is 2.07. The van der Waals surface area contributed by atoms with Crippen molar-refractivity contribution in [2.24, 2.45) is 5.92 Å². The van der Waals surface area contributed by atoms with Gasteiger partial charge in [-0.2, -0.15) is 11.8 Å². The minimum atomic E-state index is -1.09. The molecule has 25 heavy (non-hydrogen) atoms. The first-order valence-electron chi connectivity index (χ1n) is 7.43. The second-order valence-electron chi connectivity index (χ2n) is 5.21. The van der Waals surface area contributed by atoms with Crippen molar-refractivity contribution >= 4 is 35.4 Å². The van der Waals surface area contributed by atoms with Crippen LogP contribution in [-0.4, -0.2) is 58.4 Å². The van der Waals surface area contributed by atoms with Crippen LogP contribution in [0.15, 0.2) is 24.5 Å². The molecule has 0 aliphatic carbocycles. The number of aromatic nitrogens is 1. The largest absolute Gasteiger partial charge is 0.481 e. The zero-order chi connectivity index (χ0) is 18.8. The lowest BCUT2D eigenvalue weighted by Gasteiger charge is -2.17. The van der Waals surface area contributed by atoms with Crippen LogP contribution >= 0.6 is 11.8 Å². The molecule has 1 heterocycles. The van der Waals surface area contributed by atoms with Crippen LogP contribution in [-0.2, 0) is 19.1 Å². The van der Waals surface area contributed by atoms with Crippen molar-refractivity contribution in [3.63, 3.8) is 0 Å². The summed E-state index contributed by atoms with van der Waals surface area (Å²) in [5.74, 6) is -2.80. The first-order valence-corrected chi connectivity index (χ1v) is 8.59. The van der Waals surface area contributed by atoms with Crippen LogP contribution in [0.1, 0.15) is 23.7 Å². The molecule has 0 fully saturated rings. The topological polar surface area (TPSA) is 123 Å². The lowest BCUT2D eigenvalue weighted by atomic mass is 9.97. The summed E-state index contributed by atoms with van der Waals surface area (Å²) in [6.07, 6.45) is 2.58. The van der Waals surface area contributed by atoms with E-state index in [1.807, 2.05) is 0 Å². The Morgan fingerprint density at radius 3 is 2.56 bits per heavy atom. The van der Waals surface area contributed by atoms with Gasteiger partial charge in [0.25, 0.3) is 0 Å². The number of carbonyl (C=O) groups is 4. The zero-order valence-corrected chi connectivity index (χ0v) is 14.7. The molecule has 136 valence electrons.